The summed E-state index contributed by atoms with van der Waals surface area (Å²) in [6.07, 6.45) is 14.5. The largest absolute Gasteiger partial charge is 0.301 e. The molecule has 0 saturated carbocycles. The molecule has 0 aromatic carbocycles. The Bertz CT molecular complexity index is 127. The van der Waals surface area contributed by atoms with E-state index in [1.165, 1.54) is 44.9 Å². The van der Waals surface area contributed by atoms with Gasteiger partial charge in [0.25, 0.3) is 0 Å². The molecule has 13 heavy (non-hydrogen) atoms. The van der Waals surface area contributed by atoms with Crippen molar-refractivity contribution in [2.75, 3.05) is 7.05 Å². The molecule has 0 heterocycles. The summed E-state index contributed by atoms with van der Waals surface area (Å²) in [6, 6.07) is 0. The first-order valence-corrected chi connectivity index (χ1v) is 5.43. The van der Waals surface area contributed by atoms with E-state index >= 15 is 0 Å². The molecule has 0 rings (SSSR count). The second kappa shape index (κ2) is 11.4. The van der Waals surface area contributed by atoms with Crippen molar-refractivity contribution in [1.29, 1.82) is 0 Å². The van der Waals surface area contributed by atoms with Gasteiger partial charge in [-0.25, -0.2) is 0 Å². The normalized spacial score (nSPS) is 10.8. The number of nitrogens with zero attached hydrogens (tertiary/aromatic N) is 1. The minimum atomic E-state index is 1.16. The topological polar surface area (TPSA) is 12.4 Å². The van der Waals surface area contributed by atoms with Crippen LogP contribution in [0.2, 0.25) is 0 Å². The van der Waals surface area contributed by atoms with Crippen molar-refractivity contribution in [2.24, 2.45) is 4.99 Å². The lowest BCUT2D eigenvalue weighted by atomic mass is 10.1. The maximum atomic E-state index is 3.96. The fourth-order valence-electron chi connectivity index (χ4n) is 1.36. The van der Waals surface area contributed by atoms with E-state index in [9.17, 15) is 0 Å². The molecule has 0 aromatic rings. The third-order valence-electron chi connectivity index (χ3n) is 2.17. The molecule has 1 nitrogen and oxygen atoms in total. The number of hydrogen-bond acceptors (Lipinski definition) is 1. The molecule has 0 amide bonds. The van der Waals surface area contributed by atoms with Gasteiger partial charge < -0.3 is 4.99 Å². The predicted molar refractivity (Wildman–Crippen MR) is 61.5 cm³/mol. The molecule has 0 aromatic heterocycles. The summed E-state index contributed by atoms with van der Waals surface area (Å²) in [5.41, 5.74) is 0. The van der Waals surface area contributed by atoms with Crippen LogP contribution in [0.1, 0.15) is 51.4 Å². The van der Waals surface area contributed by atoms with E-state index < -0.39 is 0 Å². The molecule has 0 aliphatic heterocycles. The zero-order chi connectivity index (χ0) is 9.78. The molecule has 0 bridgehead atoms. The average molecular weight is 181 g/mol. The predicted octanol–water partition coefficient (Wildman–Crippen LogP) is 3.99. The number of allylic oxidation sites excluding steroid dienone is 1. The summed E-state index contributed by atoms with van der Waals surface area (Å²) in [5.74, 6) is 0. The molecule has 0 saturated heterocycles. The highest BCUT2D eigenvalue weighted by Crippen LogP contribution is 2.07. The number of hydrogen-bond donors (Lipinski definition) is 0. The lowest BCUT2D eigenvalue weighted by Crippen LogP contribution is -1.81. The van der Waals surface area contributed by atoms with Crippen LogP contribution in [0.5, 0.6) is 0 Å². The summed E-state index contributed by atoms with van der Waals surface area (Å²) < 4.78 is 0. The van der Waals surface area contributed by atoms with E-state index in [4.69, 9.17) is 0 Å². The van der Waals surface area contributed by atoms with Crippen molar-refractivity contribution >= 4 is 6.21 Å². The molecule has 0 spiro atoms. The van der Waals surface area contributed by atoms with Gasteiger partial charge in [-0.05, 0) is 31.9 Å². The van der Waals surface area contributed by atoms with E-state index in [2.05, 4.69) is 11.6 Å². The first-order valence-electron chi connectivity index (χ1n) is 5.43. The van der Waals surface area contributed by atoms with Crippen LogP contribution in [0.3, 0.4) is 0 Å². The van der Waals surface area contributed by atoms with Crippen molar-refractivity contribution in [3.8, 4) is 0 Å². The molecule has 0 radical (unpaired) electrons. The second-order valence-electron chi connectivity index (χ2n) is 3.43. The van der Waals surface area contributed by atoms with Crippen LogP contribution < -0.4 is 0 Å². The van der Waals surface area contributed by atoms with Crippen LogP contribution in [0.4, 0.5) is 0 Å². The smallest absolute Gasteiger partial charge is 0.0273 e. The Kier molecular flexibility index (Phi) is 10.9. The molecule has 1 heteroatoms. The van der Waals surface area contributed by atoms with Crippen LogP contribution in [0.25, 0.3) is 0 Å². The molecule has 0 aliphatic rings. The van der Waals surface area contributed by atoms with Crippen molar-refractivity contribution in [1.82, 2.24) is 0 Å². The standard InChI is InChI=1S/C12H23N/c1-3-4-5-6-7-8-9-10-11-12-13-2/h3,12H,1,4-11H2,2H3. The number of aliphatic imine (C=N–C) groups is 1. The zero-order valence-corrected chi connectivity index (χ0v) is 8.97. The fourth-order valence-corrected chi connectivity index (χ4v) is 1.36. The minimum absolute atomic E-state index is 1.16. The Labute approximate surface area is 83.0 Å². The van der Waals surface area contributed by atoms with E-state index in [1.807, 2.05) is 19.3 Å². The highest BCUT2D eigenvalue weighted by Gasteiger charge is 1.89. The van der Waals surface area contributed by atoms with Crippen molar-refractivity contribution in [3.05, 3.63) is 12.7 Å². The van der Waals surface area contributed by atoms with Gasteiger partial charge in [0.2, 0.25) is 0 Å². The molecule has 0 N–H and O–H groups in total. The van der Waals surface area contributed by atoms with Gasteiger partial charge >= 0.3 is 0 Å². The fraction of sp³-hybridized carbons (Fsp3) is 0.750. The van der Waals surface area contributed by atoms with E-state index in [0.29, 0.717) is 0 Å². The molecule has 0 fully saturated rings. The van der Waals surface area contributed by atoms with Crippen molar-refractivity contribution < 1.29 is 0 Å². The Morgan fingerprint density at radius 3 is 2.00 bits per heavy atom. The molecule has 76 valence electrons. The van der Waals surface area contributed by atoms with Crippen molar-refractivity contribution in [3.63, 3.8) is 0 Å². The van der Waals surface area contributed by atoms with Gasteiger partial charge in [0.05, 0.1) is 0 Å². The summed E-state index contributed by atoms with van der Waals surface area (Å²) in [6.45, 7) is 3.71. The quantitative estimate of drug-likeness (QED) is 0.290. The molecular formula is C12H23N. The summed E-state index contributed by atoms with van der Waals surface area (Å²) in [5, 5.41) is 0. The molecular weight excluding hydrogens is 158 g/mol. The van der Waals surface area contributed by atoms with Gasteiger partial charge in [-0.3, -0.25) is 0 Å². The van der Waals surface area contributed by atoms with Crippen LogP contribution in [0, 0.1) is 0 Å². The molecule has 0 unspecified atom stereocenters. The SMILES string of the molecule is C=CCCCCCCCCC=NC. The Morgan fingerprint density at radius 2 is 1.46 bits per heavy atom. The number of unbranched alkanes of at least 4 members (excludes halogenated alkanes) is 7. The highest BCUT2D eigenvalue weighted by atomic mass is 14.6. The third kappa shape index (κ3) is 11.4. The first kappa shape index (κ1) is 12.4. The maximum Gasteiger partial charge on any atom is 0.0273 e. The Hall–Kier alpha value is -0.590. The lowest BCUT2D eigenvalue weighted by Gasteiger charge is -1.98. The highest BCUT2D eigenvalue weighted by molar-refractivity contribution is 5.56. The Morgan fingerprint density at radius 1 is 0.923 bits per heavy atom. The van der Waals surface area contributed by atoms with Gasteiger partial charge in [0.1, 0.15) is 0 Å². The van der Waals surface area contributed by atoms with Crippen LogP contribution in [-0.2, 0) is 0 Å². The maximum absolute atomic E-state index is 3.96. The molecule has 0 atom stereocenters. The minimum Gasteiger partial charge on any atom is -0.301 e. The summed E-state index contributed by atoms with van der Waals surface area (Å²) in [7, 11) is 1.84. The van der Waals surface area contributed by atoms with Gasteiger partial charge in [-0.2, -0.15) is 0 Å². The summed E-state index contributed by atoms with van der Waals surface area (Å²) >= 11 is 0. The van der Waals surface area contributed by atoms with Gasteiger partial charge in [0, 0.05) is 7.05 Å². The van der Waals surface area contributed by atoms with Crippen LogP contribution in [-0.4, -0.2) is 13.3 Å². The van der Waals surface area contributed by atoms with Gasteiger partial charge in [-0.15, -0.1) is 6.58 Å². The lowest BCUT2D eigenvalue weighted by molar-refractivity contribution is 0.605. The Balaban J connectivity index is 2.87. The zero-order valence-electron chi connectivity index (χ0n) is 8.97. The first-order chi connectivity index (χ1) is 6.41. The third-order valence-corrected chi connectivity index (χ3v) is 2.17. The number of rotatable bonds is 9. The van der Waals surface area contributed by atoms with E-state index in [-0.39, 0.29) is 0 Å². The monoisotopic (exact) mass is 181 g/mol. The van der Waals surface area contributed by atoms with E-state index in [0.717, 1.165) is 6.42 Å². The van der Waals surface area contributed by atoms with Crippen LogP contribution >= 0.6 is 0 Å². The second-order valence-corrected chi connectivity index (χ2v) is 3.43. The van der Waals surface area contributed by atoms with Crippen molar-refractivity contribution in [2.45, 2.75) is 51.4 Å². The van der Waals surface area contributed by atoms with E-state index in [1.54, 1.807) is 0 Å². The summed E-state index contributed by atoms with van der Waals surface area (Å²) in [4.78, 5) is 3.96. The average Bonchev–Trinajstić information content (AvgIpc) is 2.16. The van der Waals surface area contributed by atoms with Gasteiger partial charge in [0.15, 0.2) is 0 Å². The van der Waals surface area contributed by atoms with Gasteiger partial charge in [-0.1, -0.05) is 31.8 Å². The van der Waals surface area contributed by atoms with Crippen LogP contribution in [0.15, 0.2) is 17.6 Å². The molecule has 0 aliphatic carbocycles.